The molecule has 2 aromatic heterocycles. The van der Waals surface area contributed by atoms with Crippen molar-refractivity contribution >= 4 is 0 Å². The molecule has 0 unspecified atom stereocenters. The molecule has 3 aromatic rings. The normalized spacial score (nSPS) is 10.9. The first-order valence-electron chi connectivity index (χ1n) is 8.35. The van der Waals surface area contributed by atoms with Crippen LogP contribution in [0.3, 0.4) is 0 Å². The van der Waals surface area contributed by atoms with Crippen molar-refractivity contribution in [1.82, 2.24) is 14.5 Å². The highest BCUT2D eigenvalue weighted by Crippen LogP contribution is 2.34. The number of imidazole rings is 1. The maximum Gasteiger partial charge on any atom is 0.230 e. The molecule has 25 heavy (non-hydrogen) atoms. The zero-order valence-corrected chi connectivity index (χ0v) is 15.1. The van der Waals surface area contributed by atoms with Crippen LogP contribution in [0.5, 0.6) is 11.5 Å². The molecule has 0 aliphatic carbocycles. The van der Waals surface area contributed by atoms with E-state index < -0.39 is 0 Å². The third-order valence-electron chi connectivity index (χ3n) is 4.13. The zero-order valence-electron chi connectivity index (χ0n) is 15.1. The van der Waals surface area contributed by atoms with Crippen LogP contribution in [-0.2, 0) is 13.0 Å². The van der Waals surface area contributed by atoms with Gasteiger partial charge in [0.25, 0.3) is 0 Å². The molecule has 3 rings (SSSR count). The first kappa shape index (κ1) is 17.1. The molecule has 1 aromatic carbocycles. The second kappa shape index (κ2) is 7.42. The summed E-state index contributed by atoms with van der Waals surface area (Å²) in [6.07, 6.45) is 5.80. The second-order valence-corrected chi connectivity index (χ2v) is 5.81. The van der Waals surface area contributed by atoms with E-state index in [0.717, 1.165) is 41.4 Å². The fraction of sp³-hybridized carbons (Fsp3) is 0.368. The van der Waals surface area contributed by atoms with Gasteiger partial charge in [0.05, 0.1) is 26.3 Å². The van der Waals surface area contributed by atoms with Gasteiger partial charge in [0.1, 0.15) is 28.8 Å². The molecule has 0 bridgehead atoms. The molecule has 0 spiro atoms. The molecule has 0 radical (unpaired) electrons. The molecule has 6 nitrogen and oxygen atoms in total. The number of hydrogen-bond acceptors (Lipinski definition) is 5. The van der Waals surface area contributed by atoms with Crippen LogP contribution in [0.4, 0.5) is 0 Å². The summed E-state index contributed by atoms with van der Waals surface area (Å²) >= 11 is 0. The highest BCUT2D eigenvalue weighted by molar-refractivity contribution is 5.65. The van der Waals surface area contributed by atoms with Crippen LogP contribution in [0, 0.1) is 6.92 Å². The quantitative estimate of drug-likeness (QED) is 0.653. The first-order valence-corrected chi connectivity index (χ1v) is 8.35. The summed E-state index contributed by atoms with van der Waals surface area (Å²) in [6.45, 7) is 4.71. The number of aryl methyl sites for hydroxylation is 2. The van der Waals surface area contributed by atoms with Crippen molar-refractivity contribution in [3.05, 3.63) is 47.9 Å². The molecule has 2 heterocycles. The number of rotatable bonds is 7. The lowest BCUT2D eigenvalue weighted by molar-refractivity contribution is 0.402. The summed E-state index contributed by atoms with van der Waals surface area (Å²) in [5.74, 6) is 3.80. The van der Waals surface area contributed by atoms with Crippen LogP contribution >= 0.6 is 0 Å². The fourth-order valence-corrected chi connectivity index (χ4v) is 2.77. The van der Waals surface area contributed by atoms with Gasteiger partial charge in [-0.05, 0) is 31.5 Å². The largest absolute Gasteiger partial charge is 0.497 e. The predicted octanol–water partition coefficient (Wildman–Crippen LogP) is 3.86. The summed E-state index contributed by atoms with van der Waals surface area (Å²) in [5.41, 5.74) is 1.66. The fourth-order valence-electron chi connectivity index (χ4n) is 2.77. The number of benzene rings is 1. The van der Waals surface area contributed by atoms with E-state index in [4.69, 9.17) is 13.9 Å². The van der Waals surface area contributed by atoms with Crippen LogP contribution < -0.4 is 9.47 Å². The topological polar surface area (TPSA) is 62.3 Å². The van der Waals surface area contributed by atoms with E-state index in [1.807, 2.05) is 37.5 Å². The molecule has 0 saturated heterocycles. The predicted molar refractivity (Wildman–Crippen MR) is 95.1 cm³/mol. The summed E-state index contributed by atoms with van der Waals surface area (Å²) < 4.78 is 18.8. The van der Waals surface area contributed by atoms with Crippen LogP contribution in [-0.4, -0.2) is 28.8 Å². The van der Waals surface area contributed by atoms with E-state index in [1.165, 1.54) is 0 Å². The van der Waals surface area contributed by atoms with E-state index in [1.54, 1.807) is 14.2 Å². The molecule has 0 aliphatic heterocycles. The molecule has 0 atom stereocenters. The number of aromatic nitrogens is 3. The van der Waals surface area contributed by atoms with Crippen molar-refractivity contribution < 1.29 is 13.9 Å². The Hall–Kier alpha value is -2.76. The Labute approximate surface area is 147 Å². The van der Waals surface area contributed by atoms with Crippen molar-refractivity contribution in [3.8, 4) is 23.0 Å². The minimum Gasteiger partial charge on any atom is -0.497 e. The lowest BCUT2D eigenvalue weighted by atomic mass is 10.2. The molecule has 132 valence electrons. The van der Waals surface area contributed by atoms with Crippen LogP contribution in [0.2, 0.25) is 0 Å². The number of ether oxygens (including phenoxy) is 2. The Kier molecular flexibility index (Phi) is 5.07. The van der Waals surface area contributed by atoms with E-state index in [0.29, 0.717) is 18.2 Å². The number of hydrogen-bond donors (Lipinski definition) is 0. The van der Waals surface area contributed by atoms with Gasteiger partial charge in [-0.3, -0.25) is 0 Å². The van der Waals surface area contributed by atoms with Crippen molar-refractivity contribution in [1.29, 1.82) is 0 Å². The van der Waals surface area contributed by atoms with Gasteiger partial charge >= 0.3 is 0 Å². The molecule has 0 saturated carbocycles. The van der Waals surface area contributed by atoms with Gasteiger partial charge in [-0.1, -0.05) is 6.92 Å². The summed E-state index contributed by atoms with van der Waals surface area (Å²) in [4.78, 5) is 9.10. The van der Waals surface area contributed by atoms with Crippen molar-refractivity contribution in [2.45, 2.75) is 33.2 Å². The van der Waals surface area contributed by atoms with Gasteiger partial charge in [0.15, 0.2) is 0 Å². The minimum absolute atomic E-state index is 0.528. The number of nitrogens with zero attached hydrogens (tertiary/aromatic N) is 3. The lowest BCUT2D eigenvalue weighted by Gasteiger charge is -2.07. The van der Waals surface area contributed by atoms with Crippen molar-refractivity contribution in [2.75, 3.05) is 14.2 Å². The summed E-state index contributed by atoms with van der Waals surface area (Å²) in [7, 11) is 3.26. The first-order chi connectivity index (χ1) is 12.2. The van der Waals surface area contributed by atoms with E-state index >= 15 is 0 Å². The average Bonchev–Trinajstić information content (AvgIpc) is 3.22. The zero-order chi connectivity index (χ0) is 17.8. The Balaban J connectivity index is 1.94. The number of oxazole rings is 1. The molecular weight excluding hydrogens is 318 g/mol. The summed E-state index contributed by atoms with van der Waals surface area (Å²) in [6, 6.07) is 5.57. The monoisotopic (exact) mass is 341 g/mol. The SMILES string of the molecule is CCCc1nccn1Cc1nc(-c2cc(OC)ccc2OC)oc1C. The second-order valence-electron chi connectivity index (χ2n) is 5.81. The number of methoxy groups -OCH3 is 2. The standard InChI is InChI=1S/C19H23N3O3/c1-5-6-18-20-9-10-22(18)12-16-13(2)25-19(21-16)15-11-14(23-3)7-8-17(15)24-4/h7-11H,5-6,12H2,1-4H3. The third kappa shape index (κ3) is 3.52. The highest BCUT2D eigenvalue weighted by Gasteiger charge is 2.17. The Bertz CT molecular complexity index is 851. The third-order valence-corrected chi connectivity index (χ3v) is 4.13. The lowest BCUT2D eigenvalue weighted by Crippen LogP contribution is -2.05. The molecule has 0 aliphatic rings. The van der Waals surface area contributed by atoms with Gasteiger partial charge in [0, 0.05) is 18.8 Å². The summed E-state index contributed by atoms with van der Waals surface area (Å²) in [5, 5.41) is 0. The van der Waals surface area contributed by atoms with Gasteiger partial charge in [-0.25, -0.2) is 9.97 Å². The maximum absolute atomic E-state index is 5.91. The minimum atomic E-state index is 0.528. The Morgan fingerprint density at radius 3 is 2.76 bits per heavy atom. The van der Waals surface area contributed by atoms with Crippen molar-refractivity contribution in [3.63, 3.8) is 0 Å². The van der Waals surface area contributed by atoms with E-state index in [-0.39, 0.29) is 0 Å². The van der Waals surface area contributed by atoms with Gasteiger partial charge in [0.2, 0.25) is 5.89 Å². The van der Waals surface area contributed by atoms with E-state index in [9.17, 15) is 0 Å². The average molecular weight is 341 g/mol. The Morgan fingerprint density at radius 1 is 1.20 bits per heavy atom. The smallest absolute Gasteiger partial charge is 0.230 e. The van der Waals surface area contributed by atoms with E-state index in [2.05, 4.69) is 21.5 Å². The van der Waals surface area contributed by atoms with Gasteiger partial charge < -0.3 is 18.5 Å². The molecular formula is C19H23N3O3. The van der Waals surface area contributed by atoms with Crippen LogP contribution in [0.25, 0.3) is 11.5 Å². The molecule has 0 N–H and O–H groups in total. The van der Waals surface area contributed by atoms with Crippen LogP contribution in [0.15, 0.2) is 35.0 Å². The highest BCUT2D eigenvalue weighted by atomic mass is 16.5. The van der Waals surface area contributed by atoms with Crippen LogP contribution in [0.1, 0.15) is 30.6 Å². The van der Waals surface area contributed by atoms with Gasteiger partial charge in [-0.2, -0.15) is 0 Å². The molecule has 6 heteroatoms. The molecule has 0 fully saturated rings. The Morgan fingerprint density at radius 2 is 2.04 bits per heavy atom. The van der Waals surface area contributed by atoms with Crippen molar-refractivity contribution in [2.24, 2.45) is 0 Å². The molecule has 0 amide bonds. The maximum atomic E-state index is 5.91. The van der Waals surface area contributed by atoms with Gasteiger partial charge in [-0.15, -0.1) is 0 Å².